The van der Waals surface area contributed by atoms with E-state index in [-0.39, 0.29) is 12.2 Å². The van der Waals surface area contributed by atoms with Crippen molar-refractivity contribution >= 4 is 22.9 Å². The van der Waals surface area contributed by atoms with Crippen LogP contribution in [-0.2, 0) is 12.8 Å². The van der Waals surface area contributed by atoms with Gasteiger partial charge >= 0.3 is 0 Å². The van der Waals surface area contributed by atoms with Gasteiger partial charge in [0.15, 0.2) is 0 Å². The summed E-state index contributed by atoms with van der Waals surface area (Å²) in [6, 6.07) is 6.62. The summed E-state index contributed by atoms with van der Waals surface area (Å²) in [5, 5.41) is 14.4. The van der Waals surface area contributed by atoms with Crippen molar-refractivity contribution < 1.29 is 9.50 Å². The van der Waals surface area contributed by atoms with E-state index >= 15 is 0 Å². The van der Waals surface area contributed by atoms with Gasteiger partial charge in [0.25, 0.3) is 0 Å². The van der Waals surface area contributed by atoms with E-state index in [4.69, 9.17) is 11.6 Å². The van der Waals surface area contributed by atoms with E-state index in [0.29, 0.717) is 17.0 Å². The predicted octanol–water partition coefficient (Wildman–Crippen LogP) is 4.08. The lowest BCUT2D eigenvalue weighted by atomic mass is 10.0. The summed E-state index contributed by atoms with van der Waals surface area (Å²) < 4.78 is 13.5. The Bertz CT molecular complexity index is 478. The largest absolute Gasteiger partial charge is 0.393 e. The fourth-order valence-electron chi connectivity index (χ4n) is 1.83. The Balaban J connectivity index is 1.92. The van der Waals surface area contributed by atoms with Gasteiger partial charge in [-0.15, -0.1) is 0 Å². The van der Waals surface area contributed by atoms with E-state index in [2.05, 4.69) is 5.38 Å². The first-order chi connectivity index (χ1) is 8.66. The van der Waals surface area contributed by atoms with Gasteiger partial charge in [-0.25, -0.2) is 4.39 Å². The summed E-state index contributed by atoms with van der Waals surface area (Å²) in [7, 11) is 0. The quantitative estimate of drug-likeness (QED) is 0.877. The van der Waals surface area contributed by atoms with Gasteiger partial charge < -0.3 is 5.11 Å². The second kappa shape index (κ2) is 6.32. The van der Waals surface area contributed by atoms with Crippen molar-refractivity contribution in [3.8, 4) is 0 Å². The van der Waals surface area contributed by atoms with E-state index < -0.39 is 6.10 Å². The topological polar surface area (TPSA) is 20.2 Å². The molecule has 0 spiro atoms. The molecular formula is C14H14ClFOS. The average Bonchev–Trinajstić information content (AvgIpc) is 2.84. The molecule has 0 saturated heterocycles. The molecule has 1 N–H and O–H groups in total. The van der Waals surface area contributed by atoms with Crippen molar-refractivity contribution in [1.29, 1.82) is 0 Å². The maximum absolute atomic E-state index is 13.5. The number of aryl methyl sites for hydroxylation is 1. The van der Waals surface area contributed by atoms with Crippen molar-refractivity contribution in [2.24, 2.45) is 0 Å². The van der Waals surface area contributed by atoms with E-state index in [1.807, 2.05) is 11.4 Å². The van der Waals surface area contributed by atoms with Gasteiger partial charge in [-0.05, 0) is 47.4 Å². The van der Waals surface area contributed by atoms with Crippen molar-refractivity contribution in [3.63, 3.8) is 0 Å². The summed E-state index contributed by atoms with van der Waals surface area (Å²) in [5.41, 5.74) is 1.61. The van der Waals surface area contributed by atoms with Crippen molar-refractivity contribution in [1.82, 2.24) is 0 Å². The first kappa shape index (κ1) is 13.5. The van der Waals surface area contributed by atoms with Crippen LogP contribution < -0.4 is 0 Å². The van der Waals surface area contributed by atoms with E-state index in [1.165, 1.54) is 11.6 Å². The standard InChI is InChI=1S/C14H14ClFOS/c15-13-2-1-3-14(16)12(13)8-11(17)5-4-10-6-7-18-9-10/h1-3,6-7,9,11,17H,4-5,8H2. The molecular weight excluding hydrogens is 271 g/mol. The summed E-state index contributed by atoms with van der Waals surface area (Å²) in [4.78, 5) is 0. The first-order valence-electron chi connectivity index (χ1n) is 5.79. The lowest BCUT2D eigenvalue weighted by Crippen LogP contribution is -2.13. The summed E-state index contributed by atoms with van der Waals surface area (Å²) in [6.45, 7) is 0. The SMILES string of the molecule is OC(CCc1ccsc1)Cc1c(F)cccc1Cl. The first-order valence-corrected chi connectivity index (χ1v) is 7.11. The number of hydrogen-bond acceptors (Lipinski definition) is 2. The molecule has 0 aliphatic heterocycles. The lowest BCUT2D eigenvalue weighted by Gasteiger charge is -2.12. The highest BCUT2D eigenvalue weighted by atomic mass is 35.5. The molecule has 0 fully saturated rings. The van der Waals surface area contributed by atoms with E-state index in [0.717, 1.165) is 6.42 Å². The smallest absolute Gasteiger partial charge is 0.127 e. The fraction of sp³-hybridized carbons (Fsp3) is 0.286. The molecule has 0 saturated carbocycles. The molecule has 1 nitrogen and oxygen atoms in total. The molecule has 96 valence electrons. The van der Waals surface area contributed by atoms with Crippen LogP contribution in [0.25, 0.3) is 0 Å². The molecule has 1 atom stereocenters. The normalized spacial score (nSPS) is 12.6. The molecule has 0 bridgehead atoms. The van der Waals surface area contributed by atoms with Crippen LogP contribution in [0.4, 0.5) is 4.39 Å². The Hall–Kier alpha value is -0.900. The Morgan fingerprint density at radius 1 is 1.33 bits per heavy atom. The maximum atomic E-state index is 13.5. The van der Waals surface area contributed by atoms with Crippen molar-refractivity contribution in [2.45, 2.75) is 25.4 Å². The van der Waals surface area contributed by atoms with Crippen molar-refractivity contribution in [3.05, 3.63) is 57.0 Å². The molecule has 0 radical (unpaired) electrons. The lowest BCUT2D eigenvalue weighted by molar-refractivity contribution is 0.164. The highest BCUT2D eigenvalue weighted by Crippen LogP contribution is 2.21. The molecule has 2 aromatic rings. The molecule has 0 aliphatic carbocycles. The zero-order chi connectivity index (χ0) is 13.0. The van der Waals surface area contributed by atoms with Crippen LogP contribution in [0.15, 0.2) is 35.0 Å². The third kappa shape index (κ3) is 3.55. The van der Waals surface area contributed by atoms with E-state index in [1.54, 1.807) is 23.5 Å². The number of thiophene rings is 1. The fourth-order valence-corrected chi connectivity index (χ4v) is 2.78. The minimum Gasteiger partial charge on any atom is -0.393 e. The minimum absolute atomic E-state index is 0.260. The number of halogens is 2. The van der Waals surface area contributed by atoms with Gasteiger partial charge in [0.1, 0.15) is 5.82 Å². The Morgan fingerprint density at radius 2 is 2.17 bits per heavy atom. The van der Waals surface area contributed by atoms with Crippen LogP contribution in [0.1, 0.15) is 17.5 Å². The molecule has 2 rings (SSSR count). The molecule has 1 aromatic carbocycles. The van der Waals surface area contributed by atoms with Crippen LogP contribution in [0, 0.1) is 5.82 Å². The molecule has 1 unspecified atom stereocenters. The number of benzene rings is 1. The number of aliphatic hydroxyl groups is 1. The molecule has 4 heteroatoms. The Morgan fingerprint density at radius 3 is 2.83 bits per heavy atom. The summed E-state index contributed by atoms with van der Waals surface area (Å²) in [6.07, 6.45) is 1.10. The van der Waals surface area contributed by atoms with Crippen molar-refractivity contribution in [2.75, 3.05) is 0 Å². The number of hydrogen-bond donors (Lipinski definition) is 1. The average molecular weight is 285 g/mol. The third-order valence-corrected chi connectivity index (χ3v) is 3.93. The van der Waals surface area contributed by atoms with Crippen LogP contribution >= 0.6 is 22.9 Å². The van der Waals surface area contributed by atoms with Gasteiger partial charge in [0.2, 0.25) is 0 Å². The zero-order valence-corrected chi connectivity index (χ0v) is 11.3. The monoisotopic (exact) mass is 284 g/mol. The third-order valence-electron chi connectivity index (χ3n) is 2.85. The summed E-state index contributed by atoms with van der Waals surface area (Å²) >= 11 is 7.56. The number of rotatable bonds is 5. The Labute approximate surface area is 115 Å². The van der Waals surface area contributed by atoms with Crippen LogP contribution in [0.3, 0.4) is 0 Å². The second-order valence-electron chi connectivity index (χ2n) is 4.23. The van der Waals surface area contributed by atoms with E-state index in [9.17, 15) is 9.50 Å². The summed E-state index contributed by atoms with van der Waals surface area (Å²) in [5.74, 6) is -0.350. The van der Waals surface area contributed by atoms with Crippen LogP contribution in [0.2, 0.25) is 5.02 Å². The molecule has 1 heterocycles. The Kier molecular flexibility index (Phi) is 4.75. The zero-order valence-electron chi connectivity index (χ0n) is 9.77. The molecule has 1 aromatic heterocycles. The van der Waals surface area contributed by atoms with Gasteiger partial charge in [-0.2, -0.15) is 11.3 Å². The molecule has 0 aliphatic rings. The van der Waals surface area contributed by atoms with Crippen LogP contribution in [0.5, 0.6) is 0 Å². The second-order valence-corrected chi connectivity index (χ2v) is 5.42. The van der Waals surface area contributed by atoms with Crippen LogP contribution in [-0.4, -0.2) is 11.2 Å². The van der Waals surface area contributed by atoms with Gasteiger partial charge in [-0.1, -0.05) is 17.7 Å². The predicted molar refractivity (Wildman–Crippen MR) is 73.8 cm³/mol. The highest BCUT2D eigenvalue weighted by molar-refractivity contribution is 7.07. The maximum Gasteiger partial charge on any atom is 0.127 e. The minimum atomic E-state index is -0.570. The van der Waals surface area contributed by atoms with Gasteiger partial charge in [0.05, 0.1) is 6.10 Å². The molecule has 18 heavy (non-hydrogen) atoms. The van der Waals surface area contributed by atoms with Gasteiger partial charge in [-0.3, -0.25) is 0 Å². The number of aliphatic hydroxyl groups excluding tert-OH is 1. The highest BCUT2D eigenvalue weighted by Gasteiger charge is 2.12. The van der Waals surface area contributed by atoms with Gasteiger partial charge in [0, 0.05) is 17.0 Å². The molecule has 0 amide bonds.